The lowest BCUT2D eigenvalue weighted by Crippen LogP contribution is -2.49. The van der Waals surface area contributed by atoms with Crippen LogP contribution in [0.25, 0.3) is 0 Å². The van der Waals surface area contributed by atoms with E-state index in [0.29, 0.717) is 0 Å². The van der Waals surface area contributed by atoms with Gasteiger partial charge in [0.25, 0.3) is 0 Å². The number of aryl methyl sites for hydroxylation is 1. The molecule has 0 N–H and O–H groups in total. The summed E-state index contributed by atoms with van der Waals surface area (Å²) in [5, 5.41) is 0. The smallest absolute Gasteiger partial charge is 0.181 e. The summed E-state index contributed by atoms with van der Waals surface area (Å²) in [7, 11) is 0. The van der Waals surface area contributed by atoms with E-state index in [2.05, 4.69) is 14.5 Å². The molecule has 2 aliphatic rings. The number of piperidine rings is 1. The van der Waals surface area contributed by atoms with Crippen LogP contribution < -0.4 is 0 Å². The van der Waals surface area contributed by atoms with Crippen molar-refractivity contribution in [1.82, 2.24) is 14.5 Å². The Morgan fingerprint density at radius 3 is 2.89 bits per heavy atom. The first-order chi connectivity index (χ1) is 8.86. The van der Waals surface area contributed by atoms with Gasteiger partial charge in [-0.25, -0.2) is 4.98 Å². The van der Waals surface area contributed by atoms with Gasteiger partial charge in [-0.05, 0) is 19.4 Å². The zero-order valence-corrected chi connectivity index (χ0v) is 10.8. The van der Waals surface area contributed by atoms with E-state index in [-0.39, 0.29) is 5.79 Å². The average molecular weight is 251 g/mol. The first kappa shape index (κ1) is 12.1. The molecule has 5 heteroatoms. The third-order valence-electron chi connectivity index (χ3n) is 3.76. The van der Waals surface area contributed by atoms with Crippen LogP contribution in [0.15, 0.2) is 18.7 Å². The third-order valence-corrected chi connectivity index (χ3v) is 3.76. The van der Waals surface area contributed by atoms with Gasteiger partial charge >= 0.3 is 0 Å². The highest BCUT2D eigenvalue weighted by Crippen LogP contribution is 2.29. The molecule has 2 aliphatic heterocycles. The molecule has 0 amide bonds. The van der Waals surface area contributed by atoms with E-state index in [9.17, 15) is 0 Å². The molecule has 1 spiro atoms. The second kappa shape index (κ2) is 5.38. The Kier molecular flexibility index (Phi) is 3.63. The highest BCUT2D eigenvalue weighted by Gasteiger charge is 2.40. The molecule has 0 aromatic carbocycles. The van der Waals surface area contributed by atoms with Crippen LogP contribution in [0.4, 0.5) is 0 Å². The van der Waals surface area contributed by atoms with Crippen LogP contribution in [-0.2, 0) is 16.0 Å². The number of nitrogens with zero attached hydrogens (tertiary/aromatic N) is 3. The predicted molar refractivity (Wildman–Crippen MR) is 67.2 cm³/mol. The summed E-state index contributed by atoms with van der Waals surface area (Å²) in [6.07, 6.45) is 9.08. The maximum Gasteiger partial charge on any atom is 0.181 e. The summed E-state index contributed by atoms with van der Waals surface area (Å²) in [4.78, 5) is 6.52. The molecule has 1 aromatic rings. The Hall–Kier alpha value is -0.910. The van der Waals surface area contributed by atoms with Crippen molar-refractivity contribution in [2.75, 3.05) is 32.8 Å². The van der Waals surface area contributed by atoms with Crippen molar-refractivity contribution in [2.24, 2.45) is 0 Å². The largest absolute Gasteiger partial charge is 0.346 e. The zero-order chi connectivity index (χ0) is 12.3. The van der Waals surface area contributed by atoms with Gasteiger partial charge in [0.2, 0.25) is 0 Å². The van der Waals surface area contributed by atoms with E-state index >= 15 is 0 Å². The van der Waals surface area contributed by atoms with Crippen LogP contribution in [0.2, 0.25) is 0 Å². The number of ether oxygens (including phenoxy) is 2. The molecular weight excluding hydrogens is 230 g/mol. The van der Waals surface area contributed by atoms with Crippen molar-refractivity contribution in [3.05, 3.63) is 18.7 Å². The second-order valence-corrected chi connectivity index (χ2v) is 5.14. The van der Waals surface area contributed by atoms with Crippen LogP contribution in [0.5, 0.6) is 0 Å². The van der Waals surface area contributed by atoms with Crippen molar-refractivity contribution in [1.29, 1.82) is 0 Å². The topological polar surface area (TPSA) is 39.5 Å². The molecule has 0 unspecified atom stereocenters. The fourth-order valence-corrected chi connectivity index (χ4v) is 2.89. The van der Waals surface area contributed by atoms with Gasteiger partial charge in [-0.3, -0.25) is 4.90 Å². The Bertz CT molecular complexity index is 360. The number of hydrogen-bond donors (Lipinski definition) is 0. The molecule has 0 radical (unpaired) electrons. The fraction of sp³-hybridized carbons (Fsp3) is 0.769. The quantitative estimate of drug-likeness (QED) is 0.803. The normalized spacial score (nSPS) is 23.8. The molecule has 0 saturated carbocycles. The summed E-state index contributed by atoms with van der Waals surface area (Å²) in [6.45, 7) is 5.74. The van der Waals surface area contributed by atoms with E-state index in [1.54, 1.807) is 0 Å². The summed E-state index contributed by atoms with van der Waals surface area (Å²) < 4.78 is 13.7. The molecule has 5 nitrogen and oxygen atoms in total. The van der Waals surface area contributed by atoms with Gasteiger partial charge in [-0.1, -0.05) is 0 Å². The van der Waals surface area contributed by atoms with Crippen molar-refractivity contribution in [3.63, 3.8) is 0 Å². The number of likely N-dealkylation sites (tertiary alicyclic amines) is 1. The maximum atomic E-state index is 5.78. The minimum atomic E-state index is -0.284. The summed E-state index contributed by atoms with van der Waals surface area (Å²) in [6, 6.07) is 0. The van der Waals surface area contributed by atoms with E-state index in [1.165, 1.54) is 13.0 Å². The molecule has 18 heavy (non-hydrogen) atoms. The number of aromatic nitrogens is 2. The van der Waals surface area contributed by atoms with E-state index < -0.39 is 0 Å². The van der Waals surface area contributed by atoms with E-state index in [0.717, 1.165) is 45.7 Å². The number of hydrogen-bond acceptors (Lipinski definition) is 4. The summed E-state index contributed by atoms with van der Waals surface area (Å²) in [5.41, 5.74) is 0. The van der Waals surface area contributed by atoms with Crippen molar-refractivity contribution < 1.29 is 9.47 Å². The van der Waals surface area contributed by atoms with Crippen molar-refractivity contribution in [3.8, 4) is 0 Å². The minimum absolute atomic E-state index is 0.284. The highest BCUT2D eigenvalue weighted by atomic mass is 16.7. The van der Waals surface area contributed by atoms with E-state index in [1.807, 2.05) is 18.7 Å². The Labute approximate surface area is 108 Å². The van der Waals surface area contributed by atoms with Crippen molar-refractivity contribution >= 4 is 0 Å². The molecular formula is C13H21N3O2. The van der Waals surface area contributed by atoms with Gasteiger partial charge < -0.3 is 14.0 Å². The Morgan fingerprint density at radius 2 is 2.11 bits per heavy atom. The lowest BCUT2D eigenvalue weighted by molar-refractivity contribution is -0.189. The van der Waals surface area contributed by atoms with Crippen molar-refractivity contribution in [2.45, 2.75) is 31.6 Å². The molecule has 3 rings (SSSR count). The molecule has 0 bridgehead atoms. The Morgan fingerprint density at radius 1 is 1.22 bits per heavy atom. The van der Waals surface area contributed by atoms with E-state index in [4.69, 9.17) is 9.47 Å². The first-order valence-corrected chi connectivity index (χ1v) is 6.82. The number of rotatable bonds is 4. The van der Waals surface area contributed by atoms with Gasteiger partial charge in [0, 0.05) is 31.9 Å². The van der Waals surface area contributed by atoms with Gasteiger partial charge in [0.05, 0.1) is 26.1 Å². The predicted octanol–water partition coefficient (Wildman–Crippen LogP) is 1.11. The lowest BCUT2D eigenvalue weighted by atomic mass is 10.0. The average Bonchev–Trinajstić information content (AvgIpc) is 3.02. The second-order valence-electron chi connectivity index (χ2n) is 5.14. The summed E-state index contributed by atoms with van der Waals surface area (Å²) >= 11 is 0. The monoisotopic (exact) mass is 251 g/mol. The molecule has 0 atom stereocenters. The van der Waals surface area contributed by atoms with Crippen LogP contribution >= 0.6 is 0 Å². The molecule has 2 fully saturated rings. The van der Waals surface area contributed by atoms with Crippen LogP contribution in [0, 0.1) is 0 Å². The van der Waals surface area contributed by atoms with Crippen LogP contribution in [-0.4, -0.2) is 53.1 Å². The molecule has 0 aliphatic carbocycles. The fourth-order valence-electron chi connectivity index (χ4n) is 2.89. The molecule has 3 heterocycles. The SMILES string of the molecule is c1cn(CCCN2CCCC3(C2)OCCO3)cn1. The van der Waals surface area contributed by atoms with Crippen LogP contribution in [0.3, 0.4) is 0 Å². The third kappa shape index (κ3) is 2.74. The Balaban J connectivity index is 1.45. The molecule has 2 saturated heterocycles. The van der Waals surface area contributed by atoms with Gasteiger partial charge in [-0.2, -0.15) is 0 Å². The highest BCUT2D eigenvalue weighted by molar-refractivity contribution is 4.84. The molecule has 1 aromatic heterocycles. The first-order valence-electron chi connectivity index (χ1n) is 6.82. The lowest BCUT2D eigenvalue weighted by Gasteiger charge is -2.38. The zero-order valence-electron chi connectivity index (χ0n) is 10.8. The summed E-state index contributed by atoms with van der Waals surface area (Å²) in [5.74, 6) is -0.284. The van der Waals surface area contributed by atoms with Gasteiger partial charge in [0.1, 0.15) is 0 Å². The van der Waals surface area contributed by atoms with Gasteiger partial charge in [-0.15, -0.1) is 0 Å². The standard InChI is InChI=1S/C13H21N3O2/c1-3-13(17-9-10-18-13)11-15(5-1)6-2-7-16-8-4-14-12-16/h4,8,12H,1-3,5-7,9-11H2. The maximum absolute atomic E-state index is 5.78. The number of imidazole rings is 1. The molecule has 100 valence electrons. The van der Waals surface area contributed by atoms with Crippen LogP contribution in [0.1, 0.15) is 19.3 Å². The van der Waals surface area contributed by atoms with Gasteiger partial charge in [0.15, 0.2) is 5.79 Å². The minimum Gasteiger partial charge on any atom is -0.346 e.